The molecule has 0 saturated carbocycles. The van der Waals surface area contributed by atoms with Crippen molar-refractivity contribution in [1.29, 1.82) is 0 Å². The van der Waals surface area contributed by atoms with Crippen LogP contribution in [0.4, 0.5) is 5.69 Å². The predicted octanol–water partition coefficient (Wildman–Crippen LogP) is 4.34. The van der Waals surface area contributed by atoms with Crippen molar-refractivity contribution in [3.8, 4) is 0 Å². The van der Waals surface area contributed by atoms with Crippen molar-refractivity contribution in [3.63, 3.8) is 0 Å². The molecule has 2 N–H and O–H groups in total. The number of nitrogens with zero attached hydrogens (tertiary/aromatic N) is 1. The van der Waals surface area contributed by atoms with E-state index in [0.717, 1.165) is 10.9 Å². The fourth-order valence-corrected chi connectivity index (χ4v) is 4.03. The molecule has 98 valence electrons. The topological polar surface area (TPSA) is 30.1 Å². The SMILES string of the molecule is Cc1ccc2c(c1)sc1ccc3ccc(N)c(Cl)c3[n+]12. The molecule has 0 fully saturated rings. The Labute approximate surface area is 125 Å². The molecule has 0 aliphatic carbocycles. The van der Waals surface area contributed by atoms with Gasteiger partial charge in [-0.1, -0.05) is 29.0 Å². The van der Waals surface area contributed by atoms with Gasteiger partial charge in [-0.2, -0.15) is 0 Å². The first-order chi connectivity index (χ1) is 9.65. The van der Waals surface area contributed by atoms with Crippen molar-refractivity contribution >= 4 is 54.6 Å². The lowest BCUT2D eigenvalue weighted by Crippen LogP contribution is -2.21. The van der Waals surface area contributed by atoms with Gasteiger partial charge in [-0.05, 0) is 36.8 Å². The highest BCUT2D eigenvalue weighted by atomic mass is 35.5. The number of nitrogen functional groups attached to an aromatic ring is 1. The monoisotopic (exact) mass is 299 g/mol. The van der Waals surface area contributed by atoms with Gasteiger partial charge in [0.05, 0.1) is 5.69 Å². The van der Waals surface area contributed by atoms with Crippen molar-refractivity contribution in [2.24, 2.45) is 0 Å². The Morgan fingerprint density at radius 1 is 1.10 bits per heavy atom. The van der Waals surface area contributed by atoms with Crippen LogP contribution in [0.3, 0.4) is 0 Å². The van der Waals surface area contributed by atoms with Crippen LogP contribution in [-0.2, 0) is 0 Å². The molecule has 2 aromatic carbocycles. The van der Waals surface area contributed by atoms with Gasteiger partial charge in [0.2, 0.25) is 11.0 Å². The third-order valence-electron chi connectivity index (χ3n) is 3.60. The molecule has 0 saturated heterocycles. The van der Waals surface area contributed by atoms with E-state index in [2.05, 4.69) is 41.7 Å². The fourth-order valence-electron chi connectivity index (χ4n) is 2.62. The van der Waals surface area contributed by atoms with E-state index in [9.17, 15) is 0 Å². The highest BCUT2D eigenvalue weighted by Crippen LogP contribution is 2.31. The molecule has 0 aliphatic rings. The molecule has 0 unspecified atom stereocenters. The standard InChI is InChI=1S/C16H11ClN2S/c1-9-2-6-12-13(8-9)20-14-7-4-10-3-5-11(18)15(17)16(10)19(12)14/h2-8,18H,1H3/p+1. The summed E-state index contributed by atoms with van der Waals surface area (Å²) >= 11 is 8.22. The molecule has 20 heavy (non-hydrogen) atoms. The highest BCUT2D eigenvalue weighted by Gasteiger charge is 2.20. The number of anilines is 1. The van der Waals surface area contributed by atoms with E-state index >= 15 is 0 Å². The summed E-state index contributed by atoms with van der Waals surface area (Å²) in [5.74, 6) is 0. The van der Waals surface area contributed by atoms with E-state index < -0.39 is 0 Å². The third-order valence-corrected chi connectivity index (χ3v) is 5.07. The first-order valence-corrected chi connectivity index (χ1v) is 7.56. The maximum atomic E-state index is 6.45. The zero-order chi connectivity index (χ0) is 13.9. The van der Waals surface area contributed by atoms with Crippen LogP contribution < -0.4 is 10.1 Å². The lowest BCUT2D eigenvalue weighted by atomic mass is 10.2. The largest absolute Gasteiger partial charge is 0.397 e. The maximum Gasteiger partial charge on any atom is 0.268 e. The summed E-state index contributed by atoms with van der Waals surface area (Å²) in [5.41, 5.74) is 10.0. The molecule has 4 heteroatoms. The molecule has 0 bridgehead atoms. The molecule has 0 radical (unpaired) electrons. The van der Waals surface area contributed by atoms with Gasteiger partial charge in [0, 0.05) is 17.5 Å². The van der Waals surface area contributed by atoms with Crippen LogP contribution in [0.2, 0.25) is 5.02 Å². The van der Waals surface area contributed by atoms with Crippen LogP contribution in [0.5, 0.6) is 0 Å². The van der Waals surface area contributed by atoms with E-state index in [4.69, 9.17) is 17.3 Å². The van der Waals surface area contributed by atoms with Gasteiger partial charge in [-0.25, -0.2) is 0 Å². The second kappa shape index (κ2) is 4.08. The second-order valence-electron chi connectivity index (χ2n) is 4.99. The molecule has 0 atom stereocenters. The summed E-state index contributed by atoms with van der Waals surface area (Å²) in [6.45, 7) is 2.11. The van der Waals surface area contributed by atoms with Gasteiger partial charge in [0.25, 0.3) is 4.83 Å². The minimum Gasteiger partial charge on any atom is -0.397 e. The van der Waals surface area contributed by atoms with Gasteiger partial charge in [0.15, 0.2) is 0 Å². The zero-order valence-corrected chi connectivity index (χ0v) is 12.4. The molecule has 4 aromatic rings. The smallest absolute Gasteiger partial charge is 0.268 e. The Hall–Kier alpha value is -1.84. The molecular weight excluding hydrogens is 288 g/mol. The summed E-state index contributed by atoms with van der Waals surface area (Å²) in [7, 11) is 0. The molecule has 0 aliphatic heterocycles. The van der Waals surface area contributed by atoms with Gasteiger partial charge < -0.3 is 5.73 Å². The minimum atomic E-state index is 0.616. The molecule has 2 heterocycles. The Morgan fingerprint density at radius 2 is 1.90 bits per heavy atom. The normalized spacial score (nSPS) is 11.7. The number of aromatic nitrogens is 1. The molecular formula is C16H12ClN2S+. The van der Waals surface area contributed by atoms with Crippen LogP contribution in [0.15, 0.2) is 42.5 Å². The van der Waals surface area contributed by atoms with Crippen molar-refractivity contribution in [2.75, 3.05) is 5.73 Å². The molecule has 2 aromatic heterocycles. The van der Waals surface area contributed by atoms with Gasteiger partial charge in [-0.15, -0.1) is 4.40 Å². The Balaban J connectivity index is 2.34. The number of halogens is 1. The number of hydrogen-bond donors (Lipinski definition) is 1. The highest BCUT2D eigenvalue weighted by molar-refractivity contribution is 7.23. The lowest BCUT2D eigenvalue weighted by molar-refractivity contribution is -0.446. The number of benzene rings is 2. The van der Waals surface area contributed by atoms with Gasteiger partial charge >= 0.3 is 0 Å². The number of thiazole rings is 1. The molecule has 2 nitrogen and oxygen atoms in total. The van der Waals surface area contributed by atoms with E-state index in [1.165, 1.54) is 20.6 Å². The molecule has 0 amide bonds. The van der Waals surface area contributed by atoms with E-state index in [0.29, 0.717) is 10.7 Å². The fraction of sp³-hybridized carbons (Fsp3) is 0.0625. The minimum absolute atomic E-state index is 0.616. The third kappa shape index (κ3) is 1.54. The molecule has 4 rings (SSSR count). The zero-order valence-electron chi connectivity index (χ0n) is 10.9. The van der Waals surface area contributed by atoms with Crippen LogP contribution in [-0.4, -0.2) is 0 Å². The van der Waals surface area contributed by atoms with Gasteiger partial charge in [0.1, 0.15) is 9.72 Å². The van der Waals surface area contributed by atoms with Crippen LogP contribution >= 0.6 is 22.9 Å². The summed E-state index contributed by atoms with van der Waals surface area (Å²) in [6.07, 6.45) is 0. The number of fused-ring (bicyclic) bond motifs is 5. The van der Waals surface area contributed by atoms with E-state index in [-0.39, 0.29) is 0 Å². The van der Waals surface area contributed by atoms with Crippen LogP contribution in [0, 0.1) is 6.92 Å². The predicted molar refractivity (Wildman–Crippen MR) is 86.7 cm³/mol. The summed E-state index contributed by atoms with van der Waals surface area (Å²) < 4.78 is 3.46. The Morgan fingerprint density at radius 3 is 2.75 bits per heavy atom. The number of hydrogen-bond acceptors (Lipinski definition) is 2. The second-order valence-corrected chi connectivity index (χ2v) is 6.43. The Kier molecular flexibility index (Phi) is 2.43. The van der Waals surface area contributed by atoms with Crippen molar-refractivity contribution in [2.45, 2.75) is 6.92 Å². The van der Waals surface area contributed by atoms with E-state index in [1.807, 2.05) is 12.1 Å². The maximum absolute atomic E-state index is 6.45. The van der Waals surface area contributed by atoms with Crippen LogP contribution in [0.25, 0.3) is 25.9 Å². The Bertz CT molecular complexity index is 988. The van der Waals surface area contributed by atoms with Gasteiger partial charge in [-0.3, -0.25) is 0 Å². The summed E-state index contributed by atoms with van der Waals surface area (Å²) in [4.78, 5) is 1.17. The van der Waals surface area contributed by atoms with Crippen LogP contribution in [0.1, 0.15) is 5.56 Å². The summed E-state index contributed by atoms with van der Waals surface area (Å²) in [6, 6.07) is 14.6. The number of nitrogens with two attached hydrogens (primary N) is 1. The number of pyridine rings is 1. The lowest BCUT2D eigenvalue weighted by Gasteiger charge is -2.00. The average molecular weight is 300 g/mol. The molecule has 0 spiro atoms. The number of rotatable bonds is 0. The quantitative estimate of drug-likeness (QED) is 0.380. The first-order valence-electron chi connectivity index (χ1n) is 6.37. The van der Waals surface area contributed by atoms with E-state index in [1.54, 1.807) is 11.3 Å². The van der Waals surface area contributed by atoms with Crippen molar-refractivity contribution in [3.05, 3.63) is 53.1 Å². The van der Waals surface area contributed by atoms with Crippen molar-refractivity contribution in [1.82, 2.24) is 0 Å². The summed E-state index contributed by atoms with van der Waals surface area (Å²) in [5, 5.41) is 1.72. The first kappa shape index (κ1) is 11.9. The number of aryl methyl sites for hydroxylation is 1. The van der Waals surface area contributed by atoms with Crippen molar-refractivity contribution < 1.29 is 4.40 Å². The average Bonchev–Trinajstić information content (AvgIpc) is 2.80.